The van der Waals surface area contributed by atoms with E-state index < -0.39 is 112 Å². The predicted octanol–water partition coefficient (Wildman–Crippen LogP) is -1.13. The zero-order valence-corrected chi connectivity index (χ0v) is 29.6. The summed E-state index contributed by atoms with van der Waals surface area (Å²) in [6.07, 6.45) is -1.40. The van der Waals surface area contributed by atoms with Gasteiger partial charge in [0.05, 0.1) is 31.9 Å². The van der Waals surface area contributed by atoms with E-state index in [-0.39, 0.29) is 0 Å². The summed E-state index contributed by atoms with van der Waals surface area (Å²) in [5, 5.41) is 82.7. The van der Waals surface area contributed by atoms with Crippen LogP contribution in [0.2, 0.25) is 0 Å². The standard InChI is InChI=1S/C34H66N2O14/c1-2-3-4-5-6-7-8-9-10-11-12-13-14-15-16-45-32-24(36)27(42)30(21(18-38)47-32)50-34-29(44)28(43)31(22(19-39)48-34)49-33-23(35)26(41)25(40)20(17-37)46-33/h20-34,37-44H,2-19,35-36H2,1H3/t20-,21-,22-,23-,24-,25-,26-,27-,28-,29-,30-,31+,32-,33-,34+/m1/s1. The Morgan fingerprint density at radius 2 is 0.880 bits per heavy atom. The molecule has 3 rings (SSSR count). The topological polar surface area (TPSA) is 269 Å². The number of aliphatic hydroxyl groups excluding tert-OH is 8. The second-order valence-corrected chi connectivity index (χ2v) is 14.0. The summed E-state index contributed by atoms with van der Waals surface area (Å²) in [7, 11) is 0. The lowest BCUT2D eigenvalue weighted by Crippen LogP contribution is -2.68. The molecule has 3 fully saturated rings. The largest absolute Gasteiger partial charge is 0.394 e. The van der Waals surface area contributed by atoms with Crippen LogP contribution < -0.4 is 11.5 Å². The zero-order valence-electron chi connectivity index (χ0n) is 29.6. The van der Waals surface area contributed by atoms with Crippen LogP contribution in [0.1, 0.15) is 96.8 Å². The number of hydrogen-bond acceptors (Lipinski definition) is 16. The van der Waals surface area contributed by atoms with E-state index in [1.54, 1.807) is 0 Å². The van der Waals surface area contributed by atoms with Gasteiger partial charge in [0.2, 0.25) is 0 Å². The van der Waals surface area contributed by atoms with E-state index in [0.717, 1.165) is 19.3 Å². The maximum Gasteiger partial charge on any atom is 0.187 e. The van der Waals surface area contributed by atoms with Gasteiger partial charge in [-0.15, -0.1) is 0 Å². The van der Waals surface area contributed by atoms with Crippen molar-refractivity contribution in [1.29, 1.82) is 0 Å². The first-order valence-electron chi connectivity index (χ1n) is 18.7. The fourth-order valence-electron chi connectivity index (χ4n) is 6.77. The van der Waals surface area contributed by atoms with Crippen molar-refractivity contribution in [1.82, 2.24) is 0 Å². The first kappa shape index (κ1) is 43.8. The van der Waals surface area contributed by atoms with Crippen molar-refractivity contribution in [2.45, 2.75) is 189 Å². The molecule has 16 heteroatoms. The number of nitrogens with two attached hydrogens (primary N) is 2. The van der Waals surface area contributed by atoms with E-state index in [9.17, 15) is 40.9 Å². The number of rotatable bonds is 23. The fraction of sp³-hybridized carbons (Fsp3) is 1.00. The molecular weight excluding hydrogens is 660 g/mol. The third-order valence-electron chi connectivity index (χ3n) is 10.0. The van der Waals surface area contributed by atoms with Gasteiger partial charge in [0.15, 0.2) is 18.9 Å². The first-order valence-corrected chi connectivity index (χ1v) is 18.7. The molecule has 0 amide bonds. The number of ether oxygens (including phenoxy) is 6. The van der Waals surface area contributed by atoms with Crippen LogP contribution in [0, 0.1) is 0 Å². The Hall–Kier alpha value is -0.640. The molecule has 296 valence electrons. The predicted molar refractivity (Wildman–Crippen MR) is 179 cm³/mol. The summed E-state index contributed by atoms with van der Waals surface area (Å²) in [4.78, 5) is 0. The van der Waals surface area contributed by atoms with E-state index >= 15 is 0 Å². The summed E-state index contributed by atoms with van der Waals surface area (Å²) >= 11 is 0. The lowest BCUT2D eigenvalue weighted by molar-refractivity contribution is -0.366. The van der Waals surface area contributed by atoms with Crippen molar-refractivity contribution in [2.24, 2.45) is 11.5 Å². The molecular formula is C34H66N2O14. The highest BCUT2D eigenvalue weighted by Crippen LogP contribution is 2.32. The molecule has 0 aromatic carbocycles. The molecule has 3 aliphatic heterocycles. The van der Waals surface area contributed by atoms with Crippen molar-refractivity contribution in [3.05, 3.63) is 0 Å². The van der Waals surface area contributed by atoms with Gasteiger partial charge in [-0.05, 0) is 6.42 Å². The number of unbranched alkanes of at least 4 members (excludes halogenated alkanes) is 13. The second kappa shape index (κ2) is 23.2. The van der Waals surface area contributed by atoms with Crippen molar-refractivity contribution >= 4 is 0 Å². The minimum absolute atomic E-state index is 0.354. The van der Waals surface area contributed by atoms with Gasteiger partial charge in [-0.2, -0.15) is 0 Å². The van der Waals surface area contributed by atoms with Crippen LogP contribution in [0.4, 0.5) is 0 Å². The molecule has 0 unspecified atom stereocenters. The van der Waals surface area contributed by atoms with Crippen LogP contribution in [-0.4, -0.2) is 159 Å². The Kier molecular flexibility index (Phi) is 20.3. The molecule has 0 saturated carbocycles. The molecule has 0 aromatic heterocycles. The smallest absolute Gasteiger partial charge is 0.187 e. The van der Waals surface area contributed by atoms with Gasteiger partial charge in [0.1, 0.15) is 61.0 Å². The van der Waals surface area contributed by atoms with Gasteiger partial charge in [-0.25, -0.2) is 0 Å². The van der Waals surface area contributed by atoms with Crippen LogP contribution in [0.25, 0.3) is 0 Å². The van der Waals surface area contributed by atoms with Gasteiger partial charge in [0, 0.05) is 6.61 Å². The molecule has 16 nitrogen and oxygen atoms in total. The maximum atomic E-state index is 11.0. The SMILES string of the molecule is CCCCCCCCCCCCCCCCO[C@@H]1O[C@H](CO)[C@@H](O[C@@H]2O[C@H](CO)[C@H](O[C@H]3O[C@H](CO)[C@@H](O)[C@H](O)[C@H]3N)[C@H](O)[C@H]2O)[C@H](O)[C@H]1N. The molecule has 0 aromatic rings. The Balaban J connectivity index is 1.40. The van der Waals surface area contributed by atoms with E-state index in [1.807, 2.05) is 0 Å². The van der Waals surface area contributed by atoms with Gasteiger partial charge in [-0.3, -0.25) is 0 Å². The summed E-state index contributed by atoms with van der Waals surface area (Å²) in [6, 6.07) is -2.38. The molecule has 12 N–H and O–H groups in total. The van der Waals surface area contributed by atoms with Gasteiger partial charge in [-0.1, -0.05) is 90.4 Å². The van der Waals surface area contributed by atoms with Crippen LogP contribution in [0.3, 0.4) is 0 Å². The number of aliphatic hydroxyl groups is 8. The molecule has 0 bridgehead atoms. The average Bonchev–Trinajstić information content (AvgIpc) is 3.12. The maximum absolute atomic E-state index is 11.0. The highest BCUT2D eigenvalue weighted by Gasteiger charge is 2.53. The normalized spacial score (nSPS) is 39.5. The third-order valence-corrected chi connectivity index (χ3v) is 10.0. The van der Waals surface area contributed by atoms with E-state index in [1.165, 1.54) is 70.6 Å². The van der Waals surface area contributed by atoms with Crippen LogP contribution in [0.5, 0.6) is 0 Å². The quantitative estimate of drug-likeness (QED) is 0.0558. The molecule has 0 radical (unpaired) electrons. The van der Waals surface area contributed by atoms with Gasteiger partial charge >= 0.3 is 0 Å². The Labute approximate surface area is 295 Å². The van der Waals surface area contributed by atoms with E-state index in [2.05, 4.69) is 6.92 Å². The zero-order chi connectivity index (χ0) is 36.6. The molecule has 0 aliphatic carbocycles. The first-order chi connectivity index (χ1) is 24.1. The van der Waals surface area contributed by atoms with Crippen molar-refractivity contribution in [3.63, 3.8) is 0 Å². The number of hydrogen-bond donors (Lipinski definition) is 10. The summed E-state index contributed by atoms with van der Waals surface area (Å²) in [5.74, 6) is 0. The summed E-state index contributed by atoms with van der Waals surface area (Å²) in [6.45, 7) is 0.606. The van der Waals surface area contributed by atoms with E-state index in [0.29, 0.717) is 6.61 Å². The fourth-order valence-corrected chi connectivity index (χ4v) is 6.77. The second-order valence-electron chi connectivity index (χ2n) is 14.0. The molecule has 50 heavy (non-hydrogen) atoms. The highest BCUT2D eigenvalue weighted by atomic mass is 16.8. The third kappa shape index (κ3) is 12.5. The molecule has 3 saturated heterocycles. The monoisotopic (exact) mass is 726 g/mol. The summed E-state index contributed by atoms with van der Waals surface area (Å²) in [5.41, 5.74) is 12.2. The minimum atomic E-state index is -1.80. The average molecular weight is 727 g/mol. The Morgan fingerprint density at radius 1 is 0.460 bits per heavy atom. The minimum Gasteiger partial charge on any atom is -0.394 e. The van der Waals surface area contributed by atoms with Crippen LogP contribution in [0.15, 0.2) is 0 Å². The van der Waals surface area contributed by atoms with Crippen molar-refractivity contribution in [2.75, 3.05) is 26.4 Å². The van der Waals surface area contributed by atoms with Gasteiger partial charge < -0.3 is 80.7 Å². The highest BCUT2D eigenvalue weighted by molar-refractivity contribution is 4.97. The van der Waals surface area contributed by atoms with Crippen LogP contribution in [-0.2, 0) is 28.4 Å². The summed E-state index contributed by atoms with van der Waals surface area (Å²) < 4.78 is 34.3. The van der Waals surface area contributed by atoms with Crippen molar-refractivity contribution < 1.29 is 69.3 Å². The molecule has 15 atom stereocenters. The van der Waals surface area contributed by atoms with Crippen molar-refractivity contribution in [3.8, 4) is 0 Å². The lowest BCUT2D eigenvalue weighted by atomic mass is 9.95. The Morgan fingerprint density at radius 3 is 1.40 bits per heavy atom. The lowest BCUT2D eigenvalue weighted by Gasteiger charge is -2.48. The molecule has 3 heterocycles. The molecule has 0 spiro atoms. The van der Waals surface area contributed by atoms with E-state index in [4.69, 9.17) is 39.9 Å². The van der Waals surface area contributed by atoms with Gasteiger partial charge in [0.25, 0.3) is 0 Å². The van der Waals surface area contributed by atoms with Crippen LogP contribution >= 0.6 is 0 Å². The molecule has 3 aliphatic rings. The Bertz CT molecular complexity index is 891.